The highest BCUT2D eigenvalue weighted by Crippen LogP contribution is 2.16. The molecular formula is C22H27N3O4. The van der Waals surface area contributed by atoms with Crippen LogP contribution in [-0.2, 0) is 16.1 Å². The molecule has 0 aliphatic carbocycles. The second-order valence-electron chi connectivity index (χ2n) is 7.43. The van der Waals surface area contributed by atoms with Crippen LogP contribution in [0.2, 0.25) is 0 Å². The molecule has 0 atom stereocenters. The largest absolute Gasteiger partial charge is 0.444 e. The Bertz CT molecular complexity index is 845. The Balaban J connectivity index is 1.82. The van der Waals surface area contributed by atoms with Gasteiger partial charge in [-0.2, -0.15) is 0 Å². The number of benzene rings is 2. The van der Waals surface area contributed by atoms with Gasteiger partial charge in [0.15, 0.2) is 0 Å². The number of carbonyl (C=O) groups is 3. The van der Waals surface area contributed by atoms with Crippen LogP contribution in [0.4, 0.5) is 10.5 Å². The quantitative estimate of drug-likeness (QED) is 0.666. The summed E-state index contributed by atoms with van der Waals surface area (Å²) >= 11 is 0. The van der Waals surface area contributed by atoms with Crippen molar-refractivity contribution < 1.29 is 19.1 Å². The maximum absolute atomic E-state index is 12.4. The molecular weight excluding hydrogens is 370 g/mol. The van der Waals surface area contributed by atoms with Gasteiger partial charge >= 0.3 is 6.09 Å². The van der Waals surface area contributed by atoms with E-state index in [0.29, 0.717) is 11.3 Å². The Morgan fingerprint density at radius 3 is 2.24 bits per heavy atom. The molecule has 29 heavy (non-hydrogen) atoms. The molecule has 0 bridgehead atoms. The lowest BCUT2D eigenvalue weighted by atomic mass is 10.1. The minimum Gasteiger partial charge on any atom is -0.444 e. The fraction of sp³-hybridized carbons (Fsp3) is 0.318. The SMILES string of the molecule is CC(C)(C)OC(=O)NCCC(=O)NCc1ccccc1NC(=O)c1ccccc1. The van der Waals surface area contributed by atoms with Gasteiger partial charge in [-0.3, -0.25) is 9.59 Å². The van der Waals surface area contributed by atoms with E-state index in [4.69, 9.17) is 4.74 Å². The Morgan fingerprint density at radius 2 is 1.55 bits per heavy atom. The molecule has 0 aromatic heterocycles. The number of hydrogen-bond donors (Lipinski definition) is 3. The van der Waals surface area contributed by atoms with Crippen LogP contribution in [-0.4, -0.2) is 30.1 Å². The molecule has 2 aromatic carbocycles. The van der Waals surface area contributed by atoms with Crippen LogP contribution < -0.4 is 16.0 Å². The van der Waals surface area contributed by atoms with Crippen LogP contribution in [0.3, 0.4) is 0 Å². The first-order valence-corrected chi connectivity index (χ1v) is 9.42. The average Bonchev–Trinajstić information content (AvgIpc) is 2.66. The molecule has 7 heteroatoms. The summed E-state index contributed by atoms with van der Waals surface area (Å²) in [6.07, 6.45) is -0.433. The minimum absolute atomic E-state index is 0.123. The number of carbonyl (C=O) groups excluding carboxylic acids is 3. The first kappa shape index (κ1) is 21.9. The van der Waals surface area contributed by atoms with E-state index in [1.54, 1.807) is 51.1 Å². The van der Waals surface area contributed by atoms with Crippen molar-refractivity contribution in [1.82, 2.24) is 10.6 Å². The lowest BCUT2D eigenvalue weighted by molar-refractivity contribution is -0.121. The van der Waals surface area contributed by atoms with Gasteiger partial charge in [0.25, 0.3) is 5.91 Å². The summed E-state index contributed by atoms with van der Waals surface area (Å²) < 4.78 is 5.12. The third-order valence-corrected chi connectivity index (χ3v) is 3.80. The zero-order chi connectivity index (χ0) is 21.3. The number of hydrogen-bond acceptors (Lipinski definition) is 4. The van der Waals surface area contributed by atoms with Crippen molar-refractivity contribution in [3.63, 3.8) is 0 Å². The Morgan fingerprint density at radius 1 is 0.897 bits per heavy atom. The fourth-order valence-electron chi connectivity index (χ4n) is 2.45. The molecule has 0 saturated carbocycles. The summed E-state index contributed by atoms with van der Waals surface area (Å²) in [7, 11) is 0. The monoisotopic (exact) mass is 397 g/mol. The lowest BCUT2D eigenvalue weighted by Crippen LogP contribution is -2.35. The van der Waals surface area contributed by atoms with Crippen LogP contribution in [0.25, 0.3) is 0 Å². The second kappa shape index (κ2) is 10.3. The number of anilines is 1. The van der Waals surface area contributed by atoms with E-state index in [1.807, 2.05) is 24.3 Å². The molecule has 0 aliphatic rings. The minimum atomic E-state index is -0.583. The number of ether oxygens (including phenoxy) is 1. The molecule has 3 amide bonds. The van der Waals surface area contributed by atoms with Crippen LogP contribution in [0, 0.1) is 0 Å². The van der Waals surface area contributed by atoms with E-state index in [0.717, 1.165) is 5.56 Å². The Labute approximate surface area is 170 Å². The summed E-state index contributed by atoms with van der Waals surface area (Å²) in [5.74, 6) is -0.434. The van der Waals surface area contributed by atoms with E-state index in [2.05, 4.69) is 16.0 Å². The summed E-state index contributed by atoms with van der Waals surface area (Å²) in [6.45, 7) is 5.75. The van der Waals surface area contributed by atoms with Crippen molar-refractivity contribution in [3.8, 4) is 0 Å². The first-order valence-electron chi connectivity index (χ1n) is 9.42. The zero-order valence-corrected chi connectivity index (χ0v) is 17.0. The summed E-state index contributed by atoms with van der Waals surface area (Å²) in [5.41, 5.74) is 1.39. The van der Waals surface area contributed by atoms with Crippen molar-refractivity contribution in [1.29, 1.82) is 0 Å². The van der Waals surface area contributed by atoms with Crippen LogP contribution in [0.15, 0.2) is 54.6 Å². The van der Waals surface area contributed by atoms with Crippen molar-refractivity contribution in [2.24, 2.45) is 0 Å². The van der Waals surface area contributed by atoms with Crippen molar-refractivity contribution in [2.45, 2.75) is 39.3 Å². The van der Waals surface area contributed by atoms with E-state index in [9.17, 15) is 14.4 Å². The standard InChI is InChI=1S/C22H27N3O4/c1-22(2,3)29-21(28)23-14-13-19(26)24-15-17-11-7-8-12-18(17)25-20(27)16-9-5-4-6-10-16/h4-12H,13-15H2,1-3H3,(H,23,28)(H,24,26)(H,25,27). The van der Waals surface area contributed by atoms with Gasteiger partial charge in [0.05, 0.1) is 0 Å². The number of para-hydroxylation sites is 1. The molecule has 0 unspecified atom stereocenters. The average molecular weight is 397 g/mol. The molecule has 3 N–H and O–H groups in total. The smallest absolute Gasteiger partial charge is 0.407 e. The predicted octanol–water partition coefficient (Wildman–Crippen LogP) is 3.47. The Kier molecular flexibility index (Phi) is 7.77. The molecule has 2 rings (SSSR count). The molecule has 0 saturated heterocycles. The van der Waals surface area contributed by atoms with Crippen molar-refractivity contribution in [3.05, 3.63) is 65.7 Å². The van der Waals surface area contributed by atoms with E-state index >= 15 is 0 Å². The first-order chi connectivity index (χ1) is 13.7. The van der Waals surface area contributed by atoms with Gasteiger partial charge in [-0.15, -0.1) is 0 Å². The highest BCUT2D eigenvalue weighted by Gasteiger charge is 2.16. The third kappa shape index (κ3) is 8.04. The lowest BCUT2D eigenvalue weighted by Gasteiger charge is -2.19. The zero-order valence-electron chi connectivity index (χ0n) is 17.0. The van der Waals surface area contributed by atoms with E-state index < -0.39 is 11.7 Å². The maximum atomic E-state index is 12.4. The highest BCUT2D eigenvalue weighted by atomic mass is 16.6. The van der Waals surface area contributed by atoms with Gasteiger partial charge in [0.1, 0.15) is 5.60 Å². The molecule has 2 aromatic rings. The van der Waals surface area contributed by atoms with Crippen molar-refractivity contribution in [2.75, 3.05) is 11.9 Å². The Hall–Kier alpha value is -3.35. The van der Waals surface area contributed by atoms with Gasteiger partial charge in [-0.25, -0.2) is 4.79 Å². The molecule has 0 spiro atoms. The van der Waals surface area contributed by atoms with Gasteiger partial charge in [-0.05, 0) is 44.5 Å². The van der Waals surface area contributed by atoms with Crippen LogP contribution >= 0.6 is 0 Å². The van der Waals surface area contributed by atoms with E-state index in [-0.39, 0.29) is 31.3 Å². The van der Waals surface area contributed by atoms with Crippen LogP contribution in [0.1, 0.15) is 43.1 Å². The summed E-state index contributed by atoms with van der Waals surface area (Å²) in [5, 5.41) is 8.20. The maximum Gasteiger partial charge on any atom is 0.407 e. The molecule has 0 heterocycles. The number of rotatable bonds is 7. The van der Waals surface area contributed by atoms with Gasteiger partial charge in [0, 0.05) is 30.8 Å². The number of alkyl carbamates (subject to hydrolysis) is 1. The number of nitrogens with one attached hydrogen (secondary N) is 3. The normalized spacial score (nSPS) is 10.7. The molecule has 154 valence electrons. The van der Waals surface area contributed by atoms with Gasteiger partial charge < -0.3 is 20.7 Å². The third-order valence-electron chi connectivity index (χ3n) is 3.80. The van der Waals surface area contributed by atoms with Crippen molar-refractivity contribution >= 4 is 23.6 Å². The molecule has 0 aliphatic heterocycles. The molecule has 7 nitrogen and oxygen atoms in total. The van der Waals surface area contributed by atoms with Crippen LogP contribution in [0.5, 0.6) is 0 Å². The topological polar surface area (TPSA) is 96.5 Å². The summed E-state index contributed by atoms with van der Waals surface area (Å²) in [6, 6.07) is 16.2. The van der Waals surface area contributed by atoms with Gasteiger partial charge in [-0.1, -0.05) is 36.4 Å². The van der Waals surface area contributed by atoms with E-state index in [1.165, 1.54) is 0 Å². The van der Waals surface area contributed by atoms with Gasteiger partial charge in [0.2, 0.25) is 5.91 Å². The molecule has 0 radical (unpaired) electrons. The number of amides is 3. The second-order valence-corrected chi connectivity index (χ2v) is 7.43. The molecule has 0 fully saturated rings. The summed E-state index contributed by atoms with van der Waals surface area (Å²) in [4.78, 5) is 36.0. The fourth-order valence-corrected chi connectivity index (χ4v) is 2.45. The highest BCUT2D eigenvalue weighted by molar-refractivity contribution is 6.04. The predicted molar refractivity (Wildman–Crippen MR) is 112 cm³/mol.